The van der Waals surface area contributed by atoms with Gasteiger partial charge in [0.2, 0.25) is 0 Å². The summed E-state index contributed by atoms with van der Waals surface area (Å²) in [4.78, 5) is 15.4. The van der Waals surface area contributed by atoms with Gasteiger partial charge in [0.1, 0.15) is 0 Å². The van der Waals surface area contributed by atoms with Crippen LogP contribution < -0.4 is 0 Å². The van der Waals surface area contributed by atoms with Crippen molar-refractivity contribution < 1.29 is 4.92 Å². The Labute approximate surface area is 140 Å². The summed E-state index contributed by atoms with van der Waals surface area (Å²) < 4.78 is -0.335. The minimum Gasteiger partial charge on any atom is -0.258 e. The van der Waals surface area contributed by atoms with Gasteiger partial charge in [0.15, 0.2) is 0 Å². The maximum atomic E-state index is 11.1. The van der Waals surface area contributed by atoms with E-state index in [1.165, 1.54) is 17.8 Å². The third-order valence-corrected chi connectivity index (χ3v) is 5.88. The van der Waals surface area contributed by atoms with E-state index in [2.05, 4.69) is 27.8 Å². The molecular formula is C16H13BrN2O2S. The molecule has 6 heteroatoms. The van der Waals surface area contributed by atoms with Crippen LogP contribution in [0.15, 0.2) is 53.5 Å². The molecule has 0 N–H and O–H groups in total. The average molecular weight is 377 g/mol. The molecule has 0 saturated carbocycles. The fourth-order valence-corrected chi connectivity index (χ4v) is 4.27. The zero-order chi connectivity index (χ0) is 15.7. The van der Waals surface area contributed by atoms with E-state index in [-0.39, 0.29) is 14.9 Å². The molecule has 0 bridgehead atoms. The molecule has 0 saturated heterocycles. The largest absolute Gasteiger partial charge is 0.273 e. The quantitative estimate of drug-likeness (QED) is 0.421. The van der Waals surface area contributed by atoms with Crippen LogP contribution in [0.3, 0.4) is 0 Å². The molecule has 1 aliphatic heterocycles. The van der Waals surface area contributed by atoms with E-state index >= 15 is 0 Å². The number of nitro groups is 1. The molecule has 4 nitrogen and oxygen atoms in total. The van der Waals surface area contributed by atoms with E-state index in [4.69, 9.17) is 0 Å². The van der Waals surface area contributed by atoms with Gasteiger partial charge in [-0.2, -0.15) is 0 Å². The molecule has 0 fully saturated rings. The van der Waals surface area contributed by atoms with Gasteiger partial charge in [-0.05, 0) is 13.0 Å². The fraction of sp³-hybridized carbons (Fsp3) is 0.188. The van der Waals surface area contributed by atoms with Crippen LogP contribution in [-0.4, -0.2) is 9.97 Å². The van der Waals surface area contributed by atoms with Crippen LogP contribution in [0.5, 0.6) is 0 Å². The van der Waals surface area contributed by atoms with Crippen molar-refractivity contribution in [2.75, 3.05) is 0 Å². The number of thioether (sulfide) groups is 1. The molecule has 1 atom stereocenters. The van der Waals surface area contributed by atoms with Crippen LogP contribution in [0.2, 0.25) is 0 Å². The van der Waals surface area contributed by atoms with Crippen molar-refractivity contribution in [2.45, 2.75) is 17.0 Å². The molecular weight excluding hydrogens is 364 g/mol. The molecule has 0 aliphatic carbocycles. The Morgan fingerprint density at radius 3 is 2.64 bits per heavy atom. The number of nitro benzene ring substituents is 1. The minimum atomic E-state index is -0.339. The maximum Gasteiger partial charge on any atom is 0.273 e. The monoisotopic (exact) mass is 376 g/mol. The molecule has 0 spiro atoms. The van der Waals surface area contributed by atoms with Crippen molar-refractivity contribution in [3.05, 3.63) is 69.8 Å². The standard InChI is InChI=1S/C16H13BrN2O2S/c1-16(17)12-7-3-4-8-13(12)18-15(16)22-10-11-6-2-5-9-14(11)19(20)21/h2-9H,10H2,1H3. The molecule has 0 radical (unpaired) electrons. The van der Waals surface area contributed by atoms with E-state index in [0.29, 0.717) is 11.3 Å². The number of halogens is 1. The number of fused-ring (bicyclic) bond motifs is 1. The Bertz CT molecular complexity index is 774. The van der Waals surface area contributed by atoms with Crippen LogP contribution in [0.1, 0.15) is 18.1 Å². The zero-order valence-corrected chi connectivity index (χ0v) is 14.2. The Kier molecular flexibility index (Phi) is 4.06. The highest BCUT2D eigenvalue weighted by Gasteiger charge is 2.37. The van der Waals surface area contributed by atoms with E-state index < -0.39 is 0 Å². The number of para-hydroxylation sites is 2. The van der Waals surface area contributed by atoms with Crippen molar-refractivity contribution in [1.82, 2.24) is 0 Å². The molecule has 3 rings (SSSR count). The smallest absolute Gasteiger partial charge is 0.258 e. The normalized spacial score (nSPS) is 19.6. The average Bonchev–Trinajstić information content (AvgIpc) is 2.77. The summed E-state index contributed by atoms with van der Waals surface area (Å²) >= 11 is 5.27. The lowest BCUT2D eigenvalue weighted by molar-refractivity contribution is -0.385. The lowest BCUT2D eigenvalue weighted by Crippen LogP contribution is -2.19. The van der Waals surface area contributed by atoms with Crippen LogP contribution in [0, 0.1) is 10.1 Å². The van der Waals surface area contributed by atoms with Crippen molar-refractivity contribution in [3.63, 3.8) is 0 Å². The summed E-state index contributed by atoms with van der Waals surface area (Å²) in [5.74, 6) is 0.519. The summed E-state index contributed by atoms with van der Waals surface area (Å²) in [6.45, 7) is 2.06. The second-order valence-electron chi connectivity index (χ2n) is 5.11. The van der Waals surface area contributed by atoms with Gasteiger partial charge >= 0.3 is 0 Å². The second-order valence-corrected chi connectivity index (χ2v) is 7.66. The first-order valence-corrected chi connectivity index (χ1v) is 8.50. The van der Waals surface area contributed by atoms with E-state index in [1.807, 2.05) is 30.3 Å². The van der Waals surface area contributed by atoms with Crippen LogP contribution in [-0.2, 0) is 10.1 Å². The van der Waals surface area contributed by atoms with Crippen LogP contribution >= 0.6 is 27.7 Å². The highest BCUT2D eigenvalue weighted by atomic mass is 79.9. The van der Waals surface area contributed by atoms with Gasteiger partial charge in [0.25, 0.3) is 5.69 Å². The SMILES string of the molecule is CC1(Br)C(SCc2ccccc2[N+](=O)[O-])=Nc2ccccc21. The summed E-state index contributed by atoms with van der Waals surface area (Å²) in [6.07, 6.45) is 0. The Morgan fingerprint density at radius 2 is 1.91 bits per heavy atom. The predicted molar refractivity (Wildman–Crippen MR) is 94.2 cm³/mol. The number of alkyl halides is 1. The first kappa shape index (κ1) is 15.2. The van der Waals surface area contributed by atoms with Crippen LogP contribution in [0.4, 0.5) is 11.4 Å². The molecule has 22 heavy (non-hydrogen) atoms. The van der Waals surface area contributed by atoms with Crippen LogP contribution in [0.25, 0.3) is 0 Å². The molecule has 0 amide bonds. The Hall–Kier alpha value is -1.66. The van der Waals surface area contributed by atoms with E-state index in [1.54, 1.807) is 12.1 Å². The summed E-state index contributed by atoms with van der Waals surface area (Å²) in [5.41, 5.74) is 2.94. The van der Waals surface area contributed by atoms with Gasteiger partial charge in [-0.3, -0.25) is 10.1 Å². The maximum absolute atomic E-state index is 11.1. The highest BCUT2D eigenvalue weighted by molar-refractivity contribution is 9.10. The minimum absolute atomic E-state index is 0.155. The summed E-state index contributed by atoms with van der Waals surface area (Å²) in [7, 11) is 0. The molecule has 0 aromatic heterocycles. The summed E-state index contributed by atoms with van der Waals surface area (Å²) in [5, 5.41) is 12.0. The van der Waals surface area contributed by atoms with Crippen molar-refractivity contribution >= 4 is 44.1 Å². The molecule has 1 unspecified atom stereocenters. The molecule has 1 aliphatic rings. The second kappa shape index (κ2) is 5.85. The number of aliphatic imine (C=N–C) groups is 1. The van der Waals surface area contributed by atoms with Crippen molar-refractivity contribution in [3.8, 4) is 0 Å². The Morgan fingerprint density at radius 1 is 1.23 bits per heavy atom. The number of hydrogen-bond acceptors (Lipinski definition) is 4. The third kappa shape index (κ3) is 2.68. The van der Waals surface area contributed by atoms with Gasteiger partial charge in [-0.15, -0.1) is 11.8 Å². The lowest BCUT2D eigenvalue weighted by atomic mass is 10.0. The van der Waals surface area contributed by atoms with Gasteiger partial charge < -0.3 is 0 Å². The molecule has 2 aromatic carbocycles. The van der Waals surface area contributed by atoms with E-state index in [9.17, 15) is 10.1 Å². The lowest BCUT2D eigenvalue weighted by Gasteiger charge is -2.19. The topological polar surface area (TPSA) is 55.5 Å². The fourth-order valence-electron chi connectivity index (χ4n) is 2.42. The van der Waals surface area contributed by atoms with Crippen molar-refractivity contribution in [2.24, 2.45) is 4.99 Å². The summed E-state index contributed by atoms with van der Waals surface area (Å²) in [6, 6.07) is 14.8. The Balaban J connectivity index is 1.83. The number of benzene rings is 2. The molecule has 112 valence electrons. The molecule has 1 heterocycles. The highest BCUT2D eigenvalue weighted by Crippen LogP contribution is 2.48. The number of hydrogen-bond donors (Lipinski definition) is 0. The van der Waals surface area contributed by atoms with Gasteiger partial charge in [-0.25, -0.2) is 4.99 Å². The molecule has 2 aromatic rings. The number of rotatable bonds is 3. The number of nitrogens with zero attached hydrogens (tertiary/aromatic N) is 2. The van der Waals surface area contributed by atoms with Gasteiger partial charge in [-0.1, -0.05) is 52.3 Å². The first-order chi connectivity index (χ1) is 10.5. The zero-order valence-electron chi connectivity index (χ0n) is 11.8. The first-order valence-electron chi connectivity index (χ1n) is 6.73. The van der Waals surface area contributed by atoms with Gasteiger partial charge in [0, 0.05) is 22.9 Å². The predicted octanol–water partition coefficient (Wildman–Crippen LogP) is 5.18. The third-order valence-electron chi connectivity index (χ3n) is 3.59. The van der Waals surface area contributed by atoms with E-state index in [0.717, 1.165) is 16.3 Å². The van der Waals surface area contributed by atoms with Crippen molar-refractivity contribution in [1.29, 1.82) is 0 Å². The van der Waals surface area contributed by atoms with Gasteiger partial charge in [0.05, 0.1) is 20.0 Å².